The van der Waals surface area contributed by atoms with Crippen LogP contribution in [0.5, 0.6) is 0 Å². The summed E-state index contributed by atoms with van der Waals surface area (Å²) < 4.78 is 4.89. The molecule has 1 saturated heterocycles. The zero-order chi connectivity index (χ0) is 15.2. The molecule has 1 N–H and O–H groups in total. The molecule has 0 aromatic heterocycles. The van der Waals surface area contributed by atoms with E-state index < -0.39 is 0 Å². The second kappa shape index (κ2) is 7.96. The molecule has 0 spiro atoms. The summed E-state index contributed by atoms with van der Waals surface area (Å²) in [5.41, 5.74) is 0.230. The topological polar surface area (TPSA) is 44.8 Å². The number of nitrogens with one attached hydrogen (secondary N) is 1. The molecule has 0 aromatic carbocycles. The van der Waals surface area contributed by atoms with E-state index in [4.69, 9.17) is 4.74 Å². The molecule has 118 valence electrons. The average molecular weight is 285 g/mol. The van der Waals surface area contributed by atoms with Gasteiger partial charge in [-0.15, -0.1) is 0 Å². The molecule has 1 aliphatic heterocycles. The first-order valence-corrected chi connectivity index (χ1v) is 7.67. The molecule has 1 aliphatic rings. The van der Waals surface area contributed by atoms with E-state index in [0.29, 0.717) is 0 Å². The second-order valence-electron chi connectivity index (χ2n) is 6.49. The summed E-state index contributed by atoms with van der Waals surface area (Å²) in [4.78, 5) is 16.6. The highest BCUT2D eigenvalue weighted by Gasteiger charge is 2.28. The molecule has 5 heteroatoms. The molecule has 20 heavy (non-hydrogen) atoms. The first-order valence-electron chi connectivity index (χ1n) is 7.67. The molecule has 0 radical (unpaired) electrons. The number of methoxy groups -OCH3 is 1. The van der Waals surface area contributed by atoms with Crippen molar-refractivity contribution < 1.29 is 9.53 Å². The van der Waals surface area contributed by atoms with Gasteiger partial charge in [0, 0.05) is 38.3 Å². The average Bonchev–Trinajstić information content (AvgIpc) is 2.42. The third-order valence-electron chi connectivity index (χ3n) is 3.89. The molecule has 5 nitrogen and oxygen atoms in total. The standard InChI is InChI=1S/C15H31N3O2/c1-6-7-16-13(14(19)20-5)12-17-8-10-18(11-9-17)15(2,3)4/h13,16H,6-12H2,1-5H3. The predicted molar refractivity (Wildman–Crippen MR) is 81.9 cm³/mol. The van der Waals surface area contributed by atoms with Crippen LogP contribution in [0, 0.1) is 0 Å². The van der Waals surface area contributed by atoms with Gasteiger partial charge in [0.1, 0.15) is 6.04 Å². The van der Waals surface area contributed by atoms with E-state index in [1.165, 1.54) is 7.11 Å². The Bertz CT molecular complexity index is 294. The van der Waals surface area contributed by atoms with Crippen molar-refractivity contribution in [3.8, 4) is 0 Å². The summed E-state index contributed by atoms with van der Waals surface area (Å²) in [5, 5.41) is 3.28. The van der Waals surface area contributed by atoms with Gasteiger partial charge in [-0.25, -0.2) is 0 Å². The van der Waals surface area contributed by atoms with Gasteiger partial charge >= 0.3 is 5.97 Å². The highest BCUT2D eigenvalue weighted by Crippen LogP contribution is 2.15. The van der Waals surface area contributed by atoms with Crippen molar-refractivity contribution in [3.05, 3.63) is 0 Å². The lowest BCUT2D eigenvalue weighted by atomic mass is 10.0. The third-order valence-corrected chi connectivity index (χ3v) is 3.89. The van der Waals surface area contributed by atoms with Gasteiger partial charge in [-0.2, -0.15) is 0 Å². The largest absolute Gasteiger partial charge is 0.468 e. The molecule has 0 aliphatic carbocycles. The van der Waals surface area contributed by atoms with Crippen LogP contribution in [0.2, 0.25) is 0 Å². The lowest BCUT2D eigenvalue weighted by molar-refractivity contribution is -0.143. The summed E-state index contributed by atoms with van der Waals surface area (Å²) >= 11 is 0. The quantitative estimate of drug-likeness (QED) is 0.736. The molecule has 1 heterocycles. The fourth-order valence-electron chi connectivity index (χ4n) is 2.54. The van der Waals surface area contributed by atoms with Crippen molar-refractivity contribution in [2.75, 3.05) is 46.4 Å². The van der Waals surface area contributed by atoms with Gasteiger partial charge in [0.05, 0.1) is 7.11 Å². The summed E-state index contributed by atoms with van der Waals surface area (Å²) in [5.74, 6) is -0.156. The number of ether oxygens (including phenoxy) is 1. The van der Waals surface area contributed by atoms with Crippen LogP contribution in [0.15, 0.2) is 0 Å². The van der Waals surface area contributed by atoms with Crippen molar-refractivity contribution in [2.24, 2.45) is 0 Å². The number of carbonyl (C=O) groups excluding carboxylic acids is 1. The third kappa shape index (κ3) is 5.38. The van der Waals surface area contributed by atoms with E-state index in [9.17, 15) is 4.79 Å². The smallest absolute Gasteiger partial charge is 0.324 e. The SMILES string of the molecule is CCCNC(CN1CCN(C(C)(C)C)CC1)C(=O)OC. The van der Waals surface area contributed by atoms with Crippen LogP contribution in [0.25, 0.3) is 0 Å². The molecule has 0 saturated carbocycles. The van der Waals surface area contributed by atoms with Gasteiger partial charge in [-0.05, 0) is 33.7 Å². The zero-order valence-corrected chi connectivity index (χ0v) is 13.7. The Hall–Kier alpha value is -0.650. The number of nitrogens with zero attached hydrogens (tertiary/aromatic N) is 2. The monoisotopic (exact) mass is 285 g/mol. The highest BCUT2D eigenvalue weighted by molar-refractivity contribution is 5.75. The number of esters is 1. The number of piperazine rings is 1. The van der Waals surface area contributed by atoms with Gasteiger partial charge in [-0.1, -0.05) is 6.92 Å². The van der Waals surface area contributed by atoms with E-state index in [2.05, 4.69) is 42.8 Å². The van der Waals surface area contributed by atoms with Crippen LogP contribution >= 0.6 is 0 Å². The fourth-order valence-corrected chi connectivity index (χ4v) is 2.54. The van der Waals surface area contributed by atoms with Gasteiger partial charge < -0.3 is 10.1 Å². The second-order valence-corrected chi connectivity index (χ2v) is 6.49. The molecule has 1 rings (SSSR count). The molecular formula is C15H31N3O2. The van der Waals surface area contributed by atoms with Gasteiger partial charge in [0.15, 0.2) is 0 Å². The molecule has 0 aromatic rings. The van der Waals surface area contributed by atoms with Gasteiger partial charge in [0.25, 0.3) is 0 Å². The van der Waals surface area contributed by atoms with E-state index in [1.807, 2.05) is 0 Å². The van der Waals surface area contributed by atoms with E-state index in [1.54, 1.807) is 0 Å². The summed E-state index contributed by atoms with van der Waals surface area (Å²) in [6.45, 7) is 14.6. The Morgan fingerprint density at radius 3 is 2.30 bits per heavy atom. The van der Waals surface area contributed by atoms with Crippen molar-refractivity contribution in [1.82, 2.24) is 15.1 Å². The minimum Gasteiger partial charge on any atom is -0.468 e. The Labute approximate surface area is 123 Å². The molecule has 1 atom stereocenters. The van der Waals surface area contributed by atoms with Crippen molar-refractivity contribution in [1.29, 1.82) is 0 Å². The first kappa shape index (κ1) is 17.4. The lowest BCUT2D eigenvalue weighted by Crippen LogP contribution is -2.56. The van der Waals surface area contributed by atoms with E-state index in [0.717, 1.165) is 45.7 Å². The number of rotatable bonds is 6. The molecule has 1 fully saturated rings. The Morgan fingerprint density at radius 1 is 1.25 bits per heavy atom. The minimum atomic E-state index is -0.207. The maximum Gasteiger partial charge on any atom is 0.324 e. The number of hydrogen-bond donors (Lipinski definition) is 1. The van der Waals surface area contributed by atoms with Gasteiger partial charge in [-0.3, -0.25) is 14.6 Å². The lowest BCUT2D eigenvalue weighted by Gasteiger charge is -2.42. The molecular weight excluding hydrogens is 254 g/mol. The minimum absolute atomic E-state index is 0.156. The maximum absolute atomic E-state index is 11.8. The van der Waals surface area contributed by atoms with Crippen molar-refractivity contribution in [2.45, 2.75) is 45.7 Å². The Morgan fingerprint density at radius 2 is 1.85 bits per heavy atom. The maximum atomic E-state index is 11.8. The van der Waals surface area contributed by atoms with E-state index in [-0.39, 0.29) is 17.6 Å². The van der Waals surface area contributed by atoms with Crippen molar-refractivity contribution >= 4 is 5.97 Å². The zero-order valence-electron chi connectivity index (χ0n) is 13.7. The summed E-state index contributed by atoms with van der Waals surface area (Å²) in [6.07, 6.45) is 1.02. The Kier molecular flexibility index (Phi) is 6.92. The highest BCUT2D eigenvalue weighted by atomic mass is 16.5. The predicted octanol–water partition coefficient (Wildman–Crippen LogP) is 0.944. The van der Waals surface area contributed by atoms with Crippen LogP contribution in [0.4, 0.5) is 0 Å². The van der Waals surface area contributed by atoms with Crippen LogP contribution < -0.4 is 5.32 Å². The number of hydrogen-bond acceptors (Lipinski definition) is 5. The first-order chi connectivity index (χ1) is 9.38. The molecule has 0 bridgehead atoms. The fraction of sp³-hybridized carbons (Fsp3) is 0.933. The van der Waals surface area contributed by atoms with Crippen LogP contribution in [0.1, 0.15) is 34.1 Å². The molecule has 1 unspecified atom stereocenters. The normalized spacial score (nSPS) is 19.9. The summed E-state index contributed by atoms with van der Waals surface area (Å²) in [7, 11) is 1.46. The molecule has 0 amide bonds. The van der Waals surface area contributed by atoms with Crippen molar-refractivity contribution in [3.63, 3.8) is 0 Å². The van der Waals surface area contributed by atoms with Crippen LogP contribution in [0.3, 0.4) is 0 Å². The Balaban J connectivity index is 2.45. The van der Waals surface area contributed by atoms with Crippen LogP contribution in [-0.4, -0.2) is 73.7 Å². The number of carbonyl (C=O) groups is 1. The van der Waals surface area contributed by atoms with Gasteiger partial charge in [0.2, 0.25) is 0 Å². The summed E-state index contributed by atoms with van der Waals surface area (Å²) in [6, 6.07) is -0.207. The van der Waals surface area contributed by atoms with E-state index >= 15 is 0 Å². The van der Waals surface area contributed by atoms with Crippen LogP contribution in [-0.2, 0) is 9.53 Å².